The van der Waals surface area contributed by atoms with Gasteiger partial charge in [0.05, 0.1) is 14.2 Å². The number of amides is 1. The molecular formula is C18H19NO5. The fraction of sp³-hybridized carbons (Fsp3) is 0.222. The summed E-state index contributed by atoms with van der Waals surface area (Å²) < 4.78 is 9.63. The minimum atomic E-state index is -1.12. The Balaban J connectivity index is 2.29. The van der Waals surface area contributed by atoms with Crippen molar-refractivity contribution >= 4 is 12.1 Å². The summed E-state index contributed by atoms with van der Waals surface area (Å²) in [6, 6.07) is 13.9. The van der Waals surface area contributed by atoms with Crippen molar-refractivity contribution in [1.82, 2.24) is 5.32 Å². The lowest BCUT2D eigenvalue weighted by Crippen LogP contribution is -2.42. The Morgan fingerprint density at radius 1 is 1.08 bits per heavy atom. The van der Waals surface area contributed by atoms with Crippen LogP contribution >= 0.6 is 0 Å². The van der Waals surface area contributed by atoms with Crippen LogP contribution in [0.1, 0.15) is 5.56 Å². The molecule has 0 aliphatic rings. The zero-order chi connectivity index (χ0) is 17.5. The average molecular weight is 329 g/mol. The van der Waals surface area contributed by atoms with Gasteiger partial charge in [0, 0.05) is 6.42 Å². The minimum absolute atomic E-state index is 0.145. The van der Waals surface area contributed by atoms with Crippen molar-refractivity contribution in [2.24, 2.45) is 0 Å². The fourth-order valence-corrected chi connectivity index (χ4v) is 2.37. The van der Waals surface area contributed by atoms with Crippen LogP contribution in [-0.4, -0.2) is 37.4 Å². The highest BCUT2D eigenvalue weighted by Gasteiger charge is 2.22. The molecular weight excluding hydrogens is 310 g/mol. The Labute approximate surface area is 140 Å². The van der Waals surface area contributed by atoms with Crippen LogP contribution in [0.2, 0.25) is 0 Å². The van der Waals surface area contributed by atoms with Gasteiger partial charge in [-0.05, 0) is 28.8 Å². The molecule has 6 heteroatoms. The second-order valence-electron chi connectivity index (χ2n) is 5.12. The van der Waals surface area contributed by atoms with E-state index in [1.165, 1.54) is 7.11 Å². The number of nitrogens with one attached hydrogen (secondary N) is 1. The van der Waals surface area contributed by atoms with E-state index in [9.17, 15) is 14.7 Å². The first-order valence-electron chi connectivity index (χ1n) is 7.34. The van der Waals surface area contributed by atoms with Crippen LogP contribution in [0.3, 0.4) is 0 Å². The monoisotopic (exact) mass is 329 g/mol. The summed E-state index contributed by atoms with van der Waals surface area (Å²) in [4.78, 5) is 22.7. The van der Waals surface area contributed by atoms with Gasteiger partial charge in [0.25, 0.3) is 0 Å². The molecule has 2 aromatic rings. The van der Waals surface area contributed by atoms with E-state index >= 15 is 0 Å². The number of hydrogen-bond acceptors (Lipinski definition) is 4. The molecule has 1 atom stereocenters. The molecule has 0 unspecified atom stereocenters. The number of alkyl carbamates (subject to hydrolysis) is 1. The van der Waals surface area contributed by atoms with Gasteiger partial charge in [0.15, 0.2) is 0 Å². The Hall–Kier alpha value is -3.02. The van der Waals surface area contributed by atoms with Crippen LogP contribution in [0.4, 0.5) is 4.79 Å². The molecule has 24 heavy (non-hydrogen) atoms. The van der Waals surface area contributed by atoms with Gasteiger partial charge in [-0.25, -0.2) is 9.59 Å². The van der Waals surface area contributed by atoms with E-state index in [0.29, 0.717) is 0 Å². The summed E-state index contributed by atoms with van der Waals surface area (Å²) in [5.74, 6) is -0.378. The van der Waals surface area contributed by atoms with E-state index in [2.05, 4.69) is 10.1 Å². The van der Waals surface area contributed by atoms with Gasteiger partial charge in [-0.1, -0.05) is 36.4 Å². The Kier molecular flexibility index (Phi) is 5.78. The number of rotatable bonds is 6. The van der Waals surface area contributed by atoms with Crippen LogP contribution in [0.15, 0.2) is 48.5 Å². The normalized spacial score (nSPS) is 11.4. The van der Waals surface area contributed by atoms with Gasteiger partial charge in [-0.3, -0.25) is 0 Å². The number of carbonyl (C=O) groups excluding carboxylic acids is 1. The third kappa shape index (κ3) is 4.25. The highest BCUT2D eigenvalue weighted by atomic mass is 16.5. The van der Waals surface area contributed by atoms with Gasteiger partial charge >= 0.3 is 12.1 Å². The zero-order valence-electron chi connectivity index (χ0n) is 13.5. The van der Waals surface area contributed by atoms with Gasteiger partial charge in [0.1, 0.15) is 11.8 Å². The van der Waals surface area contributed by atoms with E-state index in [4.69, 9.17) is 4.74 Å². The maximum absolute atomic E-state index is 11.4. The van der Waals surface area contributed by atoms with Crippen molar-refractivity contribution in [1.29, 1.82) is 0 Å². The summed E-state index contributed by atoms with van der Waals surface area (Å²) >= 11 is 0. The summed E-state index contributed by atoms with van der Waals surface area (Å²) in [6.45, 7) is 0. The predicted molar refractivity (Wildman–Crippen MR) is 89.1 cm³/mol. The quantitative estimate of drug-likeness (QED) is 0.851. The Bertz CT molecular complexity index is 712. The number of aliphatic carboxylic acids is 1. The second-order valence-corrected chi connectivity index (χ2v) is 5.12. The van der Waals surface area contributed by atoms with E-state index < -0.39 is 18.1 Å². The average Bonchev–Trinajstić information content (AvgIpc) is 2.61. The SMILES string of the molecule is COC(=O)N[C@@H](Cc1ccccc1-c1ccc(OC)cc1)C(=O)O. The lowest BCUT2D eigenvalue weighted by molar-refractivity contribution is -0.139. The maximum atomic E-state index is 11.4. The lowest BCUT2D eigenvalue weighted by Gasteiger charge is -2.16. The molecule has 0 saturated carbocycles. The van der Waals surface area contributed by atoms with Crippen LogP contribution in [0.25, 0.3) is 11.1 Å². The van der Waals surface area contributed by atoms with E-state index in [-0.39, 0.29) is 6.42 Å². The van der Waals surface area contributed by atoms with Crippen LogP contribution in [-0.2, 0) is 16.0 Å². The number of ether oxygens (including phenoxy) is 2. The molecule has 1 amide bonds. The van der Waals surface area contributed by atoms with Gasteiger partial charge in [-0.15, -0.1) is 0 Å². The van der Waals surface area contributed by atoms with Gasteiger partial charge in [0.2, 0.25) is 0 Å². The van der Waals surface area contributed by atoms with Crippen molar-refractivity contribution in [3.63, 3.8) is 0 Å². The highest BCUT2D eigenvalue weighted by molar-refractivity contribution is 5.81. The van der Waals surface area contributed by atoms with Crippen molar-refractivity contribution in [2.75, 3.05) is 14.2 Å². The molecule has 0 bridgehead atoms. The third-order valence-electron chi connectivity index (χ3n) is 3.62. The number of benzene rings is 2. The number of methoxy groups -OCH3 is 2. The number of hydrogen-bond donors (Lipinski definition) is 2. The van der Waals surface area contributed by atoms with E-state index in [0.717, 1.165) is 22.4 Å². The molecule has 0 spiro atoms. The van der Waals surface area contributed by atoms with Crippen molar-refractivity contribution in [3.05, 3.63) is 54.1 Å². The molecule has 0 heterocycles. The molecule has 6 nitrogen and oxygen atoms in total. The maximum Gasteiger partial charge on any atom is 0.407 e. The second kappa shape index (κ2) is 8.01. The molecule has 2 rings (SSSR count). The molecule has 0 fully saturated rings. The largest absolute Gasteiger partial charge is 0.497 e. The van der Waals surface area contributed by atoms with Crippen molar-refractivity contribution in [3.8, 4) is 16.9 Å². The van der Waals surface area contributed by atoms with Crippen LogP contribution in [0.5, 0.6) is 5.75 Å². The molecule has 0 saturated heterocycles. The molecule has 0 aliphatic carbocycles. The van der Waals surface area contributed by atoms with Gasteiger partial charge < -0.3 is 19.9 Å². The van der Waals surface area contributed by atoms with Crippen molar-refractivity contribution in [2.45, 2.75) is 12.5 Å². The predicted octanol–water partition coefficient (Wildman–Crippen LogP) is 2.71. The minimum Gasteiger partial charge on any atom is -0.497 e. The summed E-state index contributed by atoms with van der Waals surface area (Å²) in [5, 5.41) is 11.7. The molecule has 0 aliphatic heterocycles. The molecule has 0 radical (unpaired) electrons. The van der Waals surface area contributed by atoms with E-state index in [1.54, 1.807) is 7.11 Å². The zero-order valence-corrected chi connectivity index (χ0v) is 13.5. The number of carboxylic acid groups (broad SMARTS) is 1. The smallest absolute Gasteiger partial charge is 0.407 e. The Morgan fingerprint density at radius 2 is 1.75 bits per heavy atom. The fourth-order valence-electron chi connectivity index (χ4n) is 2.37. The van der Waals surface area contributed by atoms with Gasteiger partial charge in [-0.2, -0.15) is 0 Å². The number of carbonyl (C=O) groups is 2. The first kappa shape index (κ1) is 17.3. The van der Waals surface area contributed by atoms with Crippen LogP contribution in [0, 0.1) is 0 Å². The number of carboxylic acids is 1. The highest BCUT2D eigenvalue weighted by Crippen LogP contribution is 2.26. The summed E-state index contributed by atoms with van der Waals surface area (Å²) in [6.07, 6.45) is -0.628. The van der Waals surface area contributed by atoms with E-state index in [1.807, 2.05) is 48.5 Å². The standard InChI is InChI=1S/C18H19NO5/c1-23-14-9-7-12(8-10-14)15-6-4-3-5-13(15)11-16(17(20)21)19-18(22)24-2/h3-10,16H,11H2,1-2H3,(H,19,22)(H,20,21)/t16-/m0/s1. The molecule has 126 valence electrons. The Morgan fingerprint density at radius 3 is 2.33 bits per heavy atom. The topological polar surface area (TPSA) is 84.9 Å². The first-order valence-corrected chi connectivity index (χ1v) is 7.34. The molecule has 0 aromatic heterocycles. The molecule has 2 aromatic carbocycles. The molecule has 2 N–H and O–H groups in total. The third-order valence-corrected chi connectivity index (χ3v) is 3.62. The van der Waals surface area contributed by atoms with Crippen molar-refractivity contribution < 1.29 is 24.2 Å². The lowest BCUT2D eigenvalue weighted by atomic mass is 9.95. The van der Waals surface area contributed by atoms with Crippen LogP contribution < -0.4 is 10.1 Å². The first-order chi connectivity index (χ1) is 11.5. The summed E-state index contributed by atoms with van der Waals surface area (Å²) in [5.41, 5.74) is 2.65. The summed E-state index contributed by atoms with van der Waals surface area (Å²) in [7, 11) is 2.79.